The Morgan fingerprint density at radius 2 is 2.00 bits per heavy atom. The normalized spacial score (nSPS) is 19.9. The number of carboxylic acids is 1. The summed E-state index contributed by atoms with van der Waals surface area (Å²) in [6.07, 6.45) is 0.462. The van der Waals surface area contributed by atoms with Crippen LogP contribution < -0.4 is 5.11 Å². The molecule has 8 nitrogen and oxygen atoms in total. The van der Waals surface area contributed by atoms with Crippen LogP contribution in [0.25, 0.3) is 0 Å². The molecule has 152 valence electrons. The second kappa shape index (κ2) is 7.90. The fourth-order valence-corrected chi connectivity index (χ4v) is 4.43. The molecule has 9 heteroatoms. The topological polar surface area (TPSA) is 101 Å². The number of urea groups is 1. The number of amides is 4. The number of thiophene rings is 1. The van der Waals surface area contributed by atoms with E-state index in [1.807, 2.05) is 17.5 Å². The van der Waals surface area contributed by atoms with Gasteiger partial charge in [0.1, 0.15) is 6.04 Å². The molecule has 3 heterocycles. The SMILES string of the molecule is CC(C)(CC(=O)[O-])CC(=O)N1CCN2C(=O)N(CCc3cccs3)C(=O)C2C1. The average molecular weight is 406 g/mol. The first kappa shape index (κ1) is 20.3. The van der Waals surface area contributed by atoms with Crippen molar-refractivity contribution in [2.75, 3.05) is 26.2 Å². The van der Waals surface area contributed by atoms with Crippen molar-refractivity contribution >= 4 is 35.2 Å². The Labute approximate surface area is 167 Å². The first-order valence-corrected chi connectivity index (χ1v) is 10.2. The highest BCUT2D eigenvalue weighted by molar-refractivity contribution is 7.09. The van der Waals surface area contributed by atoms with Gasteiger partial charge in [0.25, 0.3) is 5.91 Å². The van der Waals surface area contributed by atoms with Gasteiger partial charge in [-0.15, -0.1) is 11.3 Å². The molecule has 0 aromatic carbocycles. The van der Waals surface area contributed by atoms with Crippen molar-refractivity contribution in [2.24, 2.45) is 5.41 Å². The van der Waals surface area contributed by atoms with Crippen LogP contribution in [0, 0.1) is 5.41 Å². The summed E-state index contributed by atoms with van der Waals surface area (Å²) < 4.78 is 0. The molecule has 0 N–H and O–H groups in total. The Hall–Kier alpha value is -2.42. The zero-order valence-electron chi connectivity index (χ0n) is 16.1. The fourth-order valence-electron chi connectivity index (χ4n) is 3.74. The van der Waals surface area contributed by atoms with Gasteiger partial charge >= 0.3 is 6.03 Å². The van der Waals surface area contributed by atoms with Gasteiger partial charge in [0.15, 0.2) is 0 Å². The molecule has 0 aliphatic carbocycles. The first-order chi connectivity index (χ1) is 13.2. The second-order valence-corrected chi connectivity index (χ2v) is 9.07. The molecule has 2 aliphatic heterocycles. The van der Waals surface area contributed by atoms with Gasteiger partial charge < -0.3 is 19.7 Å². The van der Waals surface area contributed by atoms with Crippen LogP contribution in [0.15, 0.2) is 17.5 Å². The highest BCUT2D eigenvalue weighted by Gasteiger charge is 2.48. The molecule has 2 aliphatic rings. The van der Waals surface area contributed by atoms with Crippen molar-refractivity contribution < 1.29 is 24.3 Å². The highest BCUT2D eigenvalue weighted by Crippen LogP contribution is 2.28. The van der Waals surface area contributed by atoms with Crippen molar-refractivity contribution in [1.29, 1.82) is 0 Å². The van der Waals surface area contributed by atoms with Crippen molar-refractivity contribution in [3.8, 4) is 0 Å². The predicted molar refractivity (Wildman–Crippen MR) is 100 cm³/mol. The third-order valence-electron chi connectivity index (χ3n) is 5.18. The molecule has 3 rings (SSSR count). The Kier molecular flexibility index (Phi) is 5.74. The van der Waals surface area contributed by atoms with E-state index in [2.05, 4.69) is 0 Å². The van der Waals surface area contributed by atoms with Crippen molar-refractivity contribution in [3.05, 3.63) is 22.4 Å². The lowest BCUT2D eigenvalue weighted by atomic mass is 9.85. The Morgan fingerprint density at radius 3 is 2.64 bits per heavy atom. The molecule has 28 heavy (non-hydrogen) atoms. The molecule has 0 saturated carbocycles. The summed E-state index contributed by atoms with van der Waals surface area (Å²) in [5.41, 5.74) is -0.727. The number of piperazine rings is 1. The standard InChI is InChI=1S/C19H25N3O5S/c1-19(2,11-16(24)25)10-15(23)20-7-8-21-14(12-20)17(26)22(18(21)27)6-5-13-4-3-9-28-13/h3-4,9,14H,5-8,10-12H2,1-2H3,(H,24,25)/p-1. The van der Waals surface area contributed by atoms with Crippen molar-refractivity contribution in [2.45, 2.75) is 39.2 Å². The number of hydrogen-bond donors (Lipinski definition) is 0. The lowest BCUT2D eigenvalue weighted by molar-refractivity contribution is -0.307. The molecule has 1 atom stereocenters. The minimum Gasteiger partial charge on any atom is -0.550 e. The van der Waals surface area contributed by atoms with E-state index >= 15 is 0 Å². The summed E-state index contributed by atoms with van der Waals surface area (Å²) >= 11 is 1.59. The fraction of sp³-hybridized carbons (Fsp3) is 0.579. The number of carbonyl (C=O) groups excluding carboxylic acids is 4. The number of fused-ring (bicyclic) bond motifs is 1. The van der Waals surface area contributed by atoms with E-state index in [9.17, 15) is 24.3 Å². The van der Waals surface area contributed by atoms with E-state index < -0.39 is 17.4 Å². The van der Waals surface area contributed by atoms with Gasteiger partial charge in [0.2, 0.25) is 5.91 Å². The van der Waals surface area contributed by atoms with Gasteiger partial charge in [0.05, 0.1) is 6.54 Å². The molecule has 2 fully saturated rings. The number of carboxylic acid groups (broad SMARTS) is 1. The molecular weight excluding hydrogens is 382 g/mol. The van der Waals surface area contributed by atoms with Crippen LogP contribution in [0.1, 0.15) is 31.6 Å². The molecule has 2 saturated heterocycles. The molecule has 1 aromatic heterocycles. The van der Waals surface area contributed by atoms with E-state index in [4.69, 9.17) is 0 Å². The Bertz CT molecular complexity index is 777. The number of imide groups is 1. The zero-order valence-corrected chi connectivity index (χ0v) is 16.9. The van der Waals surface area contributed by atoms with E-state index in [0.29, 0.717) is 26.1 Å². The van der Waals surface area contributed by atoms with E-state index in [0.717, 1.165) is 4.88 Å². The molecule has 0 bridgehead atoms. The van der Waals surface area contributed by atoms with Crippen LogP contribution >= 0.6 is 11.3 Å². The lowest BCUT2D eigenvalue weighted by Gasteiger charge is -2.37. The molecule has 0 spiro atoms. The molecular formula is C19H24N3O5S-. The molecule has 0 radical (unpaired) electrons. The quantitative estimate of drug-likeness (QED) is 0.607. The first-order valence-electron chi connectivity index (χ1n) is 9.30. The summed E-state index contributed by atoms with van der Waals surface area (Å²) in [5.74, 6) is -1.67. The summed E-state index contributed by atoms with van der Waals surface area (Å²) in [6, 6.07) is 2.95. The van der Waals surface area contributed by atoms with E-state index in [1.165, 1.54) is 9.80 Å². The number of aliphatic carboxylic acids is 1. The van der Waals surface area contributed by atoms with Crippen LogP contribution in [0.4, 0.5) is 4.79 Å². The summed E-state index contributed by atoms with van der Waals surface area (Å²) in [4.78, 5) is 54.3. The van der Waals surface area contributed by atoms with Crippen LogP contribution in [-0.2, 0) is 20.8 Å². The van der Waals surface area contributed by atoms with Gasteiger partial charge in [-0.2, -0.15) is 0 Å². The maximum atomic E-state index is 12.8. The third-order valence-corrected chi connectivity index (χ3v) is 6.11. The number of nitrogens with zero attached hydrogens (tertiary/aromatic N) is 3. The minimum atomic E-state index is -1.19. The highest BCUT2D eigenvalue weighted by atomic mass is 32.1. The maximum absolute atomic E-state index is 12.8. The smallest absolute Gasteiger partial charge is 0.327 e. The molecule has 4 amide bonds. The van der Waals surface area contributed by atoms with Crippen LogP contribution in [0.3, 0.4) is 0 Å². The largest absolute Gasteiger partial charge is 0.550 e. The summed E-state index contributed by atoms with van der Waals surface area (Å²) in [7, 11) is 0. The van der Waals surface area contributed by atoms with Gasteiger partial charge in [-0.05, 0) is 29.7 Å². The minimum absolute atomic E-state index is 0.0535. The van der Waals surface area contributed by atoms with Gasteiger partial charge in [0, 0.05) is 36.9 Å². The van der Waals surface area contributed by atoms with Gasteiger partial charge in [-0.25, -0.2) is 4.79 Å². The lowest BCUT2D eigenvalue weighted by Crippen LogP contribution is -2.55. The van der Waals surface area contributed by atoms with Gasteiger partial charge in [-0.1, -0.05) is 19.9 Å². The number of carbonyl (C=O) groups is 4. The zero-order chi connectivity index (χ0) is 20.5. The average Bonchev–Trinajstić information content (AvgIpc) is 3.19. The summed E-state index contributed by atoms with van der Waals surface area (Å²) in [5, 5.41) is 12.8. The monoisotopic (exact) mass is 406 g/mol. The number of rotatable bonds is 7. The third kappa shape index (κ3) is 4.35. The van der Waals surface area contributed by atoms with Crippen molar-refractivity contribution in [1.82, 2.24) is 14.7 Å². The number of hydrogen-bond acceptors (Lipinski definition) is 6. The van der Waals surface area contributed by atoms with E-state index in [-0.39, 0.29) is 37.2 Å². The summed E-state index contributed by atoms with van der Waals surface area (Å²) in [6.45, 7) is 4.53. The Morgan fingerprint density at radius 1 is 1.25 bits per heavy atom. The van der Waals surface area contributed by atoms with Crippen LogP contribution in [0.5, 0.6) is 0 Å². The predicted octanol–water partition coefficient (Wildman–Crippen LogP) is 0.322. The molecule has 1 aromatic rings. The van der Waals surface area contributed by atoms with Crippen molar-refractivity contribution in [3.63, 3.8) is 0 Å². The van der Waals surface area contributed by atoms with Crippen LogP contribution in [0.2, 0.25) is 0 Å². The van der Waals surface area contributed by atoms with E-state index in [1.54, 1.807) is 30.1 Å². The Balaban J connectivity index is 1.61. The molecule has 1 unspecified atom stereocenters. The maximum Gasteiger partial charge on any atom is 0.327 e. The van der Waals surface area contributed by atoms with Gasteiger partial charge in [-0.3, -0.25) is 14.5 Å². The second-order valence-electron chi connectivity index (χ2n) is 8.04. The van der Waals surface area contributed by atoms with Crippen LogP contribution in [-0.4, -0.2) is 70.7 Å².